The molecule has 6 heteroatoms. The minimum atomic E-state index is -0.178. The van der Waals surface area contributed by atoms with Crippen LogP contribution in [0.1, 0.15) is 28.7 Å². The molecular formula is C25H25N5O. The van der Waals surface area contributed by atoms with Gasteiger partial charge in [-0.05, 0) is 43.7 Å². The number of aromatic nitrogens is 3. The van der Waals surface area contributed by atoms with Crippen LogP contribution in [-0.2, 0) is 4.79 Å². The van der Waals surface area contributed by atoms with Crippen LogP contribution in [0.4, 0.5) is 5.69 Å². The molecule has 2 heterocycles. The first-order valence-electron chi connectivity index (χ1n) is 10.2. The lowest BCUT2D eigenvalue weighted by molar-refractivity contribution is -0.115. The Morgan fingerprint density at radius 2 is 1.61 bits per heavy atom. The van der Waals surface area contributed by atoms with E-state index < -0.39 is 0 Å². The van der Waals surface area contributed by atoms with Crippen LogP contribution in [0.2, 0.25) is 0 Å². The monoisotopic (exact) mass is 411 g/mol. The highest BCUT2D eigenvalue weighted by atomic mass is 16.1. The Hall–Kier alpha value is -3.77. The van der Waals surface area contributed by atoms with Crippen molar-refractivity contribution >= 4 is 11.6 Å². The molecule has 0 bridgehead atoms. The zero-order valence-electron chi connectivity index (χ0n) is 17.6. The summed E-state index contributed by atoms with van der Waals surface area (Å²) in [5, 5.41) is 11.0. The predicted molar refractivity (Wildman–Crippen MR) is 122 cm³/mol. The quantitative estimate of drug-likeness (QED) is 0.478. The SMILES string of the molecule is Cc1nn(-c2ccccc2)c(C)c1NC(=O)CNC(c1ccccc1)c1ccccn1. The predicted octanol–water partition coefficient (Wildman–Crippen LogP) is 4.20. The van der Waals surface area contributed by atoms with E-state index in [1.54, 1.807) is 6.20 Å². The third kappa shape index (κ3) is 4.70. The minimum absolute atomic E-state index is 0.129. The summed E-state index contributed by atoms with van der Waals surface area (Å²) in [6.07, 6.45) is 1.76. The van der Waals surface area contributed by atoms with Crippen molar-refractivity contribution in [3.8, 4) is 5.69 Å². The summed E-state index contributed by atoms with van der Waals surface area (Å²) in [7, 11) is 0. The molecule has 2 N–H and O–H groups in total. The van der Waals surface area contributed by atoms with E-state index in [2.05, 4.69) is 20.7 Å². The lowest BCUT2D eigenvalue weighted by Gasteiger charge is -2.18. The van der Waals surface area contributed by atoms with Crippen molar-refractivity contribution in [1.29, 1.82) is 0 Å². The van der Waals surface area contributed by atoms with Crippen molar-refractivity contribution in [3.63, 3.8) is 0 Å². The fraction of sp³-hybridized carbons (Fsp3) is 0.160. The summed E-state index contributed by atoms with van der Waals surface area (Å²) < 4.78 is 1.85. The Morgan fingerprint density at radius 1 is 0.935 bits per heavy atom. The van der Waals surface area contributed by atoms with Crippen molar-refractivity contribution in [2.45, 2.75) is 19.9 Å². The molecule has 4 aromatic rings. The summed E-state index contributed by atoms with van der Waals surface area (Å²) in [5.74, 6) is -0.129. The summed E-state index contributed by atoms with van der Waals surface area (Å²) in [6.45, 7) is 4.00. The molecule has 4 rings (SSSR count). The van der Waals surface area contributed by atoms with E-state index in [4.69, 9.17) is 0 Å². The number of hydrogen-bond acceptors (Lipinski definition) is 4. The van der Waals surface area contributed by atoms with E-state index in [1.165, 1.54) is 0 Å². The van der Waals surface area contributed by atoms with E-state index in [-0.39, 0.29) is 18.5 Å². The average molecular weight is 412 g/mol. The third-order valence-corrected chi connectivity index (χ3v) is 5.14. The molecule has 1 amide bonds. The van der Waals surface area contributed by atoms with Gasteiger partial charge in [-0.2, -0.15) is 5.10 Å². The summed E-state index contributed by atoms with van der Waals surface area (Å²) in [6, 6.07) is 25.5. The van der Waals surface area contributed by atoms with Gasteiger partial charge in [0.05, 0.1) is 41.0 Å². The number of anilines is 1. The Kier molecular flexibility index (Phi) is 6.19. The molecule has 0 aliphatic rings. The lowest BCUT2D eigenvalue weighted by atomic mass is 10.0. The number of aryl methyl sites for hydroxylation is 1. The van der Waals surface area contributed by atoms with Crippen molar-refractivity contribution in [2.24, 2.45) is 0 Å². The molecule has 2 aromatic heterocycles. The Morgan fingerprint density at radius 3 is 2.29 bits per heavy atom. The first-order valence-corrected chi connectivity index (χ1v) is 10.2. The molecule has 31 heavy (non-hydrogen) atoms. The van der Waals surface area contributed by atoms with Crippen LogP contribution in [0, 0.1) is 13.8 Å². The van der Waals surface area contributed by atoms with Gasteiger partial charge in [0.2, 0.25) is 5.91 Å². The highest BCUT2D eigenvalue weighted by Gasteiger charge is 2.18. The number of rotatable bonds is 7. The average Bonchev–Trinajstić information content (AvgIpc) is 3.09. The van der Waals surface area contributed by atoms with E-state index >= 15 is 0 Å². The molecule has 1 unspecified atom stereocenters. The van der Waals surface area contributed by atoms with Gasteiger partial charge in [0, 0.05) is 6.20 Å². The van der Waals surface area contributed by atoms with Gasteiger partial charge in [0.1, 0.15) is 0 Å². The summed E-state index contributed by atoms with van der Waals surface area (Å²) >= 11 is 0. The standard InChI is InChI=1S/C25H25N5O/c1-18-24(19(2)30(29-18)21-13-7-4-8-14-21)28-23(31)17-27-25(20-11-5-3-6-12-20)22-15-9-10-16-26-22/h3-16,25,27H,17H2,1-2H3,(H,28,31). The Balaban J connectivity index is 1.49. The molecule has 0 aliphatic heterocycles. The largest absolute Gasteiger partial charge is 0.322 e. The molecule has 2 aromatic carbocycles. The van der Waals surface area contributed by atoms with Gasteiger partial charge in [0.15, 0.2) is 0 Å². The Bertz CT molecular complexity index is 1100. The minimum Gasteiger partial charge on any atom is -0.322 e. The summed E-state index contributed by atoms with van der Waals surface area (Å²) in [5.41, 5.74) is 5.29. The van der Waals surface area contributed by atoms with Gasteiger partial charge in [0.25, 0.3) is 0 Å². The lowest BCUT2D eigenvalue weighted by Crippen LogP contribution is -2.32. The van der Waals surface area contributed by atoms with E-state index in [0.29, 0.717) is 0 Å². The van der Waals surface area contributed by atoms with Crippen LogP contribution in [0.15, 0.2) is 85.1 Å². The number of nitrogens with one attached hydrogen (secondary N) is 2. The molecule has 1 atom stereocenters. The van der Waals surface area contributed by atoms with Crippen LogP contribution in [-0.4, -0.2) is 27.2 Å². The van der Waals surface area contributed by atoms with E-state index in [1.807, 2.05) is 97.4 Å². The van der Waals surface area contributed by atoms with E-state index in [0.717, 1.165) is 34.0 Å². The number of carbonyl (C=O) groups excluding carboxylic acids is 1. The highest BCUT2D eigenvalue weighted by Crippen LogP contribution is 2.23. The molecule has 156 valence electrons. The van der Waals surface area contributed by atoms with Gasteiger partial charge < -0.3 is 5.32 Å². The van der Waals surface area contributed by atoms with Crippen LogP contribution >= 0.6 is 0 Å². The van der Waals surface area contributed by atoms with Crippen molar-refractivity contribution in [1.82, 2.24) is 20.1 Å². The maximum atomic E-state index is 12.8. The van der Waals surface area contributed by atoms with Crippen molar-refractivity contribution in [3.05, 3.63) is 108 Å². The van der Waals surface area contributed by atoms with Crippen LogP contribution in [0.5, 0.6) is 0 Å². The molecular weight excluding hydrogens is 386 g/mol. The van der Waals surface area contributed by atoms with Crippen molar-refractivity contribution in [2.75, 3.05) is 11.9 Å². The molecule has 0 saturated heterocycles. The van der Waals surface area contributed by atoms with Gasteiger partial charge in [-0.15, -0.1) is 0 Å². The number of pyridine rings is 1. The van der Waals surface area contributed by atoms with Crippen molar-refractivity contribution < 1.29 is 4.79 Å². The molecule has 0 fully saturated rings. The normalized spacial score (nSPS) is 11.8. The first kappa shape index (κ1) is 20.5. The maximum absolute atomic E-state index is 12.8. The third-order valence-electron chi connectivity index (χ3n) is 5.14. The molecule has 6 nitrogen and oxygen atoms in total. The second-order valence-electron chi connectivity index (χ2n) is 7.32. The smallest absolute Gasteiger partial charge is 0.238 e. The molecule has 0 radical (unpaired) electrons. The highest BCUT2D eigenvalue weighted by molar-refractivity contribution is 5.93. The topological polar surface area (TPSA) is 71.8 Å². The zero-order valence-corrected chi connectivity index (χ0v) is 17.6. The van der Waals surface area contributed by atoms with Gasteiger partial charge >= 0.3 is 0 Å². The van der Waals surface area contributed by atoms with E-state index in [9.17, 15) is 4.79 Å². The molecule has 0 saturated carbocycles. The number of hydrogen-bond donors (Lipinski definition) is 2. The zero-order chi connectivity index (χ0) is 21.6. The fourth-order valence-corrected chi connectivity index (χ4v) is 3.61. The second-order valence-corrected chi connectivity index (χ2v) is 7.32. The fourth-order valence-electron chi connectivity index (χ4n) is 3.61. The number of nitrogens with zero attached hydrogens (tertiary/aromatic N) is 3. The number of carbonyl (C=O) groups is 1. The number of benzene rings is 2. The molecule has 0 spiro atoms. The van der Waals surface area contributed by atoms with Crippen LogP contribution in [0.25, 0.3) is 5.69 Å². The van der Waals surface area contributed by atoms with Gasteiger partial charge in [-0.3, -0.25) is 15.1 Å². The first-order chi connectivity index (χ1) is 15.1. The van der Waals surface area contributed by atoms with Gasteiger partial charge in [-0.1, -0.05) is 54.6 Å². The number of para-hydroxylation sites is 1. The number of amides is 1. The van der Waals surface area contributed by atoms with Crippen LogP contribution < -0.4 is 10.6 Å². The Labute approximate surface area is 182 Å². The maximum Gasteiger partial charge on any atom is 0.238 e. The second kappa shape index (κ2) is 9.36. The van der Waals surface area contributed by atoms with Gasteiger partial charge in [-0.25, -0.2) is 4.68 Å². The molecule has 0 aliphatic carbocycles. The van der Waals surface area contributed by atoms with Crippen LogP contribution in [0.3, 0.4) is 0 Å². The summed E-state index contributed by atoms with van der Waals surface area (Å²) in [4.78, 5) is 17.3.